The molecule has 0 aromatic heterocycles. The number of likely N-dealkylation sites (N-methyl/N-ethyl adjacent to an activating group) is 1. The zero-order chi connectivity index (χ0) is 11.9. The van der Waals surface area contributed by atoms with E-state index in [0.717, 1.165) is 18.5 Å². The molecule has 2 aliphatic heterocycles. The van der Waals surface area contributed by atoms with E-state index in [4.69, 9.17) is 5.73 Å². The second-order valence-corrected chi connectivity index (χ2v) is 6.51. The fourth-order valence-corrected chi connectivity index (χ4v) is 4.62. The highest BCUT2D eigenvalue weighted by Gasteiger charge is 2.47. The fraction of sp³-hybridized carbons (Fsp3) is 1.00. The lowest BCUT2D eigenvalue weighted by Crippen LogP contribution is -2.61. The Kier molecular flexibility index (Phi) is 3.18. The average molecular weight is 237 g/mol. The van der Waals surface area contributed by atoms with E-state index in [1.807, 2.05) is 0 Å². The summed E-state index contributed by atoms with van der Waals surface area (Å²) in [7, 11) is 2.24. The number of nitrogens with zero attached hydrogens (tertiary/aromatic N) is 2. The van der Waals surface area contributed by atoms with Crippen LogP contribution in [-0.2, 0) is 0 Å². The molecule has 3 atom stereocenters. The predicted octanol–water partition coefficient (Wildman–Crippen LogP) is 1.28. The number of hydrogen-bond donors (Lipinski definition) is 1. The van der Waals surface area contributed by atoms with E-state index in [0.29, 0.717) is 5.54 Å². The van der Waals surface area contributed by atoms with Gasteiger partial charge in [-0.2, -0.15) is 0 Å². The summed E-state index contributed by atoms with van der Waals surface area (Å²) in [6.45, 7) is 4.56. The molecule has 0 aromatic rings. The Bertz CT molecular complexity index is 281. The maximum atomic E-state index is 6.18. The zero-order valence-electron chi connectivity index (χ0n) is 11.2. The summed E-state index contributed by atoms with van der Waals surface area (Å²) in [5.74, 6) is 0.984. The Hall–Kier alpha value is -0.120. The quantitative estimate of drug-likeness (QED) is 0.785. The maximum absolute atomic E-state index is 6.18. The minimum atomic E-state index is 0.308. The summed E-state index contributed by atoms with van der Waals surface area (Å²) in [5, 5.41) is 0. The third-order valence-corrected chi connectivity index (χ3v) is 5.51. The number of rotatable bonds is 2. The van der Waals surface area contributed by atoms with Crippen LogP contribution in [0.1, 0.15) is 38.5 Å². The van der Waals surface area contributed by atoms with E-state index in [1.54, 1.807) is 0 Å². The van der Waals surface area contributed by atoms with Gasteiger partial charge in [-0.3, -0.25) is 4.90 Å². The number of likely N-dealkylation sites (tertiary alicyclic amines) is 2. The van der Waals surface area contributed by atoms with Gasteiger partial charge in [0.15, 0.2) is 0 Å². The van der Waals surface area contributed by atoms with Gasteiger partial charge in [-0.1, -0.05) is 6.42 Å². The van der Waals surface area contributed by atoms with E-state index in [1.165, 1.54) is 58.2 Å². The van der Waals surface area contributed by atoms with Gasteiger partial charge in [0.05, 0.1) is 0 Å². The van der Waals surface area contributed by atoms with Crippen molar-refractivity contribution in [3.8, 4) is 0 Å². The third-order valence-electron chi connectivity index (χ3n) is 5.51. The Morgan fingerprint density at radius 3 is 2.71 bits per heavy atom. The van der Waals surface area contributed by atoms with Crippen LogP contribution in [0.3, 0.4) is 0 Å². The molecular formula is C14H27N3. The van der Waals surface area contributed by atoms with Gasteiger partial charge in [-0.05, 0) is 58.2 Å². The Morgan fingerprint density at radius 2 is 2.00 bits per heavy atom. The van der Waals surface area contributed by atoms with Gasteiger partial charge < -0.3 is 10.6 Å². The standard InChI is InChI=1S/C14H27N3/c1-16-9-7-14(10-15,11-16)17-8-3-5-12-4-2-6-13(12)17/h12-13H,2-11,15H2,1H3. The molecule has 2 heterocycles. The summed E-state index contributed by atoms with van der Waals surface area (Å²) in [6.07, 6.45) is 8.49. The van der Waals surface area contributed by atoms with Crippen LogP contribution in [0.5, 0.6) is 0 Å². The van der Waals surface area contributed by atoms with Crippen molar-refractivity contribution in [1.82, 2.24) is 9.80 Å². The Balaban J connectivity index is 1.81. The first-order chi connectivity index (χ1) is 8.25. The number of piperidine rings is 1. The van der Waals surface area contributed by atoms with Crippen LogP contribution < -0.4 is 5.73 Å². The van der Waals surface area contributed by atoms with Gasteiger partial charge in [-0.25, -0.2) is 0 Å². The molecule has 3 rings (SSSR count). The van der Waals surface area contributed by atoms with Gasteiger partial charge in [-0.15, -0.1) is 0 Å². The first kappa shape index (κ1) is 11.9. The van der Waals surface area contributed by atoms with E-state index < -0.39 is 0 Å². The Labute approximate surface area is 105 Å². The summed E-state index contributed by atoms with van der Waals surface area (Å²) in [4.78, 5) is 5.29. The summed E-state index contributed by atoms with van der Waals surface area (Å²) < 4.78 is 0. The topological polar surface area (TPSA) is 32.5 Å². The smallest absolute Gasteiger partial charge is 0.0473 e. The van der Waals surface area contributed by atoms with Crippen molar-refractivity contribution >= 4 is 0 Å². The second kappa shape index (κ2) is 4.52. The molecule has 98 valence electrons. The van der Waals surface area contributed by atoms with Crippen molar-refractivity contribution in [2.75, 3.05) is 33.2 Å². The number of nitrogens with two attached hydrogens (primary N) is 1. The lowest BCUT2D eigenvalue weighted by atomic mass is 9.85. The van der Waals surface area contributed by atoms with Gasteiger partial charge >= 0.3 is 0 Å². The van der Waals surface area contributed by atoms with E-state index in [-0.39, 0.29) is 0 Å². The van der Waals surface area contributed by atoms with Crippen LogP contribution in [0.2, 0.25) is 0 Å². The summed E-state index contributed by atoms with van der Waals surface area (Å²) >= 11 is 0. The van der Waals surface area contributed by atoms with Crippen LogP contribution >= 0.6 is 0 Å². The van der Waals surface area contributed by atoms with Crippen molar-refractivity contribution in [2.45, 2.75) is 50.1 Å². The van der Waals surface area contributed by atoms with E-state index in [9.17, 15) is 0 Å². The first-order valence-electron chi connectivity index (χ1n) is 7.40. The van der Waals surface area contributed by atoms with Gasteiger partial charge in [0.2, 0.25) is 0 Å². The molecule has 3 heteroatoms. The van der Waals surface area contributed by atoms with E-state index in [2.05, 4.69) is 16.8 Å². The summed E-state index contributed by atoms with van der Waals surface area (Å²) in [5.41, 5.74) is 6.48. The van der Waals surface area contributed by atoms with Gasteiger partial charge in [0.25, 0.3) is 0 Å². The molecule has 3 nitrogen and oxygen atoms in total. The fourth-order valence-electron chi connectivity index (χ4n) is 4.62. The Morgan fingerprint density at radius 1 is 1.18 bits per heavy atom. The summed E-state index contributed by atoms with van der Waals surface area (Å²) in [6, 6.07) is 0.860. The highest BCUT2D eigenvalue weighted by atomic mass is 15.3. The molecular weight excluding hydrogens is 210 g/mol. The first-order valence-corrected chi connectivity index (χ1v) is 7.40. The van der Waals surface area contributed by atoms with Crippen LogP contribution in [0, 0.1) is 5.92 Å². The van der Waals surface area contributed by atoms with Gasteiger partial charge in [0, 0.05) is 24.7 Å². The monoisotopic (exact) mass is 237 g/mol. The molecule has 0 aromatic carbocycles. The normalized spacial score (nSPS) is 44.1. The van der Waals surface area contributed by atoms with Crippen molar-refractivity contribution in [1.29, 1.82) is 0 Å². The van der Waals surface area contributed by atoms with Gasteiger partial charge in [0.1, 0.15) is 0 Å². The molecule has 1 aliphatic carbocycles. The molecule has 2 N–H and O–H groups in total. The second-order valence-electron chi connectivity index (χ2n) is 6.51. The number of fused-ring (bicyclic) bond motifs is 1. The van der Waals surface area contributed by atoms with Crippen LogP contribution in [0.25, 0.3) is 0 Å². The van der Waals surface area contributed by atoms with Crippen LogP contribution in [0.4, 0.5) is 0 Å². The molecule has 3 unspecified atom stereocenters. The maximum Gasteiger partial charge on any atom is 0.0473 e. The molecule has 0 spiro atoms. The SMILES string of the molecule is CN1CCC(CN)(N2CCCC3CCCC32)C1. The molecule has 0 bridgehead atoms. The van der Waals surface area contributed by atoms with Crippen LogP contribution in [-0.4, -0.2) is 54.6 Å². The molecule has 2 saturated heterocycles. The number of hydrogen-bond acceptors (Lipinski definition) is 3. The molecule has 17 heavy (non-hydrogen) atoms. The lowest BCUT2D eigenvalue weighted by Gasteiger charge is -2.49. The molecule has 3 fully saturated rings. The van der Waals surface area contributed by atoms with Crippen molar-refractivity contribution in [3.63, 3.8) is 0 Å². The predicted molar refractivity (Wildman–Crippen MR) is 71.0 cm³/mol. The largest absolute Gasteiger partial charge is 0.329 e. The minimum Gasteiger partial charge on any atom is -0.329 e. The zero-order valence-corrected chi connectivity index (χ0v) is 11.2. The third kappa shape index (κ3) is 1.92. The molecule has 1 saturated carbocycles. The van der Waals surface area contributed by atoms with Crippen molar-refractivity contribution in [2.24, 2.45) is 11.7 Å². The molecule has 3 aliphatic rings. The van der Waals surface area contributed by atoms with Crippen molar-refractivity contribution in [3.05, 3.63) is 0 Å². The minimum absolute atomic E-state index is 0.308. The van der Waals surface area contributed by atoms with Crippen molar-refractivity contribution < 1.29 is 0 Å². The highest BCUT2D eigenvalue weighted by Crippen LogP contribution is 2.42. The average Bonchev–Trinajstić information content (AvgIpc) is 2.95. The highest BCUT2D eigenvalue weighted by molar-refractivity contribution is 5.04. The molecule has 0 radical (unpaired) electrons. The van der Waals surface area contributed by atoms with E-state index >= 15 is 0 Å². The lowest BCUT2D eigenvalue weighted by molar-refractivity contribution is 0.00971. The van der Waals surface area contributed by atoms with Crippen LogP contribution in [0.15, 0.2) is 0 Å². The molecule has 0 amide bonds.